The zero-order chi connectivity index (χ0) is 17.4. The maximum atomic E-state index is 13.1. The molecule has 3 aromatic heterocycles. The van der Waals surface area contributed by atoms with Crippen LogP contribution in [-0.2, 0) is 11.3 Å². The SMILES string of the molecule is Cc1nn(-c2ccc(F)cc2)c2n[nH]c(NC(=O)Cn3ccnc3)c12. The number of rotatable bonds is 4. The maximum Gasteiger partial charge on any atom is 0.245 e. The predicted molar refractivity (Wildman–Crippen MR) is 88.8 cm³/mol. The lowest BCUT2D eigenvalue weighted by atomic mass is 10.3. The Bertz CT molecular complexity index is 1030. The Hall–Kier alpha value is -3.49. The van der Waals surface area contributed by atoms with Crippen molar-refractivity contribution in [2.45, 2.75) is 13.5 Å². The van der Waals surface area contributed by atoms with Crippen molar-refractivity contribution in [1.82, 2.24) is 29.5 Å². The van der Waals surface area contributed by atoms with E-state index in [0.29, 0.717) is 28.2 Å². The highest BCUT2D eigenvalue weighted by Gasteiger charge is 2.18. The average molecular weight is 339 g/mol. The minimum atomic E-state index is -0.321. The number of benzene rings is 1. The van der Waals surface area contributed by atoms with Crippen LogP contribution < -0.4 is 5.32 Å². The molecule has 0 radical (unpaired) electrons. The number of aromatic nitrogens is 6. The monoisotopic (exact) mass is 339 g/mol. The fraction of sp³-hybridized carbons (Fsp3) is 0.125. The molecule has 0 fully saturated rings. The zero-order valence-electron chi connectivity index (χ0n) is 13.3. The molecular weight excluding hydrogens is 325 g/mol. The summed E-state index contributed by atoms with van der Waals surface area (Å²) < 4.78 is 16.4. The number of nitrogens with one attached hydrogen (secondary N) is 2. The molecule has 4 aromatic rings. The molecule has 2 N–H and O–H groups in total. The summed E-state index contributed by atoms with van der Waals surface area (Å²) in [6.45, 7) is 1.97. The van der Waals surface area contributed by atoms with Crippen LogP contribution in [0, 0.1) is 12.7 Å². The van der Waals surface area contributed by atoms with Crippen molar-refractivity contribution in [3.8, 4) is 5.69 Å². The molecule has 25 heavy (non-hydrogen) atoms. The lowest BCUT2D eigenvalue weighted by Crippen LogP contribution is -2.18. The minimum Gasteiger partial charge on any atom is -0.328 e. The summed E-state index contributed by atoms with van der Waals surface area (Å²) in [7, 11) is 0. The molecule has 0 saturated carbocycles. The van der Waals surface area contributed by atoms with E-state index in [2.05, 4.69) is 25.6 Å². The predicted octanol–water partition coefficient (Wildman–Crippen LogP) is 2.03. The van der Waals surface area contributed by atoms with Gasteiger partial charge in [-0.05, 0) is 31.2 Å². The van der Waals surface area contributed by atoms with Crippen LogP contribution in [-0.4, -0.2) is 35.4 Å². The second kappa shape index (κ2) is 5.86. The van der Waals surface area contributed by atoms with Gasteiger partial charge >= 0.3 is 0 Å². The van der Waals surface area contributed by atoms with E-state index in [1.807, 2.05) is 6.92 Å². The molecule has 0 aliphatic rings. The molecule has 1 aromatic carbocycles. The maximum absolute atomic E-state index is 13.1. The van der Waals surface area contributed by atoms with Crippen LogP contribution in [0.3, 0.4) is 0 Å². The van der Waals surface area contributed by atoms with Crippen LogP contribution >= 0.6 is 0 Å². The number of imidazole rings is 1. The first-order valence-electron chi connectivity index (χ1n) is 7.57. The second-order valence-corrected chi connectivity index (χ2v) is 5.55. The molecule has 0 atom stereocenters. The summed E-state index contributed by atoms with van der Waals surface area (Å²) >= 11 is 0. The molecule has 1 amide bonds. The molecule has 0 spiro atoms. The van der Waals surface area contributed by atoms with Crippen molar-refractivity contribution in [3.05, 3.63) is 54.5 Å². The lowest BCUT2D eigenvalue weighted by molar-refractivity contribution is -0.116. The van der Waals surface area contributed by atoms with Gasteiger partial charge in [0.2, 0.25) is 5.91 Å². The Morgan fingerprint density at radius 1 is 1.32 bits per heavy atom. The van der Waals surface area contributed by atoms with Gasteiger partial charge in [-0.25, -0.2) is 14.1 Å². The largest absolute Gasteiger partial charge is 0.328 e. The van der Waals surface area contributed by atoms with Gasteiger partial charge in [-0.1, -0.05) is 0 Å². The summed E-state index contributed by atoms with van der Waals surface area (Å²) in [5.41, 5.74) is 1.94. The van der Waals surface area contributed by atoms with Gasteiger partial charge in [-0.15, -0.1) is 0 Å². The first-order valence-corrected chi connectivity index (χ1v) is 7.57. The molecule has 3 heterocycles. The molecule has 4 rings (SSSR count). The quantitative estimate of drug-likeness (QED) is 0.595. The van der Waals surface area contributed by atoms with Crippen molar-refractivity contribution in [1.29, 1.82) is 0 Å². The Morgan fingerprint density at radius 3 is 2.84 bits per heavy atom. The number of fused-ring (bicyclic) bond motifs is 1. The van der Waals surface area contributed by atoms with Crippen LogP contribution in [0.5, 0.6) is 0 Å². The van der Waals surface area contributed by atoms with E-state index >= 15 is 0 Å². The van der Waals surface area contributed by atoms with Gasteiger partial charge in [0.15, 0.2) is 5.65 Å². The highest BCUT2D eigenvalue weighted by atomic mass is 19.1. The van der Waals surface area contributed by atoms with Crippen molar-refractivity contribution < 1.29 is 9.18 Å². The van der Waals surface area contributed by atoms with E-state index in [1.54, 1.807) is 40.1 Å². The van der Waals surface area contributed by atoms with Crippen molar-refractivity contribution >= 4 is 22.8 Å². The number of anilines is 1. The van der Waals surface area contributed by atoms with Gasteiger partial charge in [0.05, 0.1) is 23.1 Å². The van der Waals surface area contributed by atoms with E-state index < -0.39 is 0 Å². The average Bonchev–Trinajstić information content (AvgIpc) is 3.29. The molecule has 8 nitrogen and oxygen atoms in total. The summed E-state index contributed by atoms with van der Waals surface area (Å²) in [6, 6.07) is 5.96. The fourth-order valence-corrected chi connectivity index (χ4v) is 2.65. The molecule has 126 valence electrons. The van der Waals surface area contributed by atoms with Crippen LogP contribution in [0.25, 0.3) is 16.7 Å². The summed E-state index contributed by atoms with van der Waals surface area (Å²) in [5, 5.41) is 15.0. The zero-order valence-corrected chi connectivity index (χ0v) is 13.3. The highest BCUT2D eigenvalue weighted by molar-refractivity contribution is 6.00. The smallest absolute Gasteiger partial charge is 0.245 e. The van der Waals surface area contributed by atoms with Gasteiger partial charge in [0, 0.05) is 12.4 Å². The molecule has 0 aliphatic carbocycles. The molecule has 0 bridgehead atoms. The van der Waals surface area contributed by atoms with Gasteiger partial charge in [-0.2, -0.15) is 10.2 Å². The second-order valence-electron chi connectivity index (χ2n) is 5.55. The third kappa shape index (κ3) is 2.75. The van der Waals surface area contributed by atoms with Crippen molar-refractivity contribution in [3.63, 3.8) is 0 Å². The molecule has 0 unspecified atom stereocenters. The van der Waals surface area contributed by atoms with Crippen LogP contribution in [0.1, 0.15) is 5.69 Å². The topological polar surface area (TPSA) is 93.4 Å². The first-order chi connectivity index (χ1) is 12.1. The number of carbonyl (C=O) groups excluding carboxylic acids is 1. The standard InChI is InChI=1S/C16H14FN7O/c1-10-14-15(19-13(25)8-23-7-6-18-9-23)20-21-16(14)24(22-10)12-4-2-11(17)3-5-12/h2-7,9H,8H2,1H3,(H2,19,20,21,25). The third-order valence-electron chi connectivity index (χ3n) is 3.78. The summed E-state index contributed by atoms with van der Waals surface area (Å²) in [4.78, 5) is 16.1. The number of nitrogens with zero attached hydrogens (tertiary/aromatic N) is 5. The lowest BCUT2D eigenvalue weighted by Gasteiger charge is -2.03. The highest BCUT2D eigenvalue weighted by Crippen LogP contribution is 2.26. The van der Waals surface area contributed by atoms with Gasteiger partial charge < -0.3 is 9.88 Å². The van der Waals surface area contributed by atoms with Gasteiger partial charge in [-0.3, -0.25) is 9.89 Å². The van der Waals surface area contributed by atoms with Crippen molar-refractivity contribution in [2.24, 2.45) is 0 Å². The fourth-order valence-electron chi connectivity index (χ4n) is 2.65. The van der Waals surface area contributed by atoms with Gasteiger partial charge in [0.1, 0.15) is 18.2 Å². The molecule has 0 saturated heterocycles. The van der Waals surface area contributed by atoms with Crippen molar-refractivity contribution in [2.75, 3.05) is 5.32 Å². The molecular formula is C16H14FN7O. The number of hydrogen-bond donors (Lipinski definition) is 2. The number of amides is 1. The van der Waals surface area contributed by atoms with E-state index in [-0.39, 0.29) is 18.3 Å². The Kier molecular flexibility index (Phi) is 3.53. The van der Waals surface area contributed by atoms with E-state index in [4.69, 9.17) is 0 Å². The summed E-state index contributed by atoms with van der Waals surface area (Å²) in [6.07, 6.45) is 4.89. The number of aryl methyl sites for hydroxylation is 1. The van der Waals surface area contributed by atoms with E-state index in [0.717, 1.165) is 0 Å². The van der Waals surface area contributed by atoms with Crippen LogP contribution in [0.2, 0.25) is 0 Å². The summed E-state index contributed by atoms with van der Waals surface area (Å²) in [5.74, 6) is -0.0539. The Balaban J connectivity index is 1.65. The first kappa shape index (κ1) is 15.1. The van der Waals surface area contributed by atoms with Crippen LogP contribution in [0.15, 0.2) is 43.0 Å². The number of H-pyrrole nitrogens is 1. The van der Waals surface area contributed by atoms with E-state index in [9.17, 15) is 9.18 Å². The Morgan fingerprint density at radius 2 is 2.12 bits per heavy atom. The number of halogens is 1. The van der Waals surface area contributed by atoms with E-state index in [1.165, 1.54) is 12.1 Å². The van der Waals surface area contributed by atoms with Gasteiger partial charge in [0.25, 0.3) is 0 Å². The molecule has 0 aliphatic heterocycles. The van der Waals surface area contributed by atoms with Crippen LogP contribution in [0.4, 0.5) is 10.2 Å². The Labute approximate surface area is 141 Å². The number of aromatic amines is 1. The molecule has 9 heteroatoms. The minimum absolute atomic E-state index is 0.145. The normalized spacial score (nSPS) is 11.1. The third-order valence-corrected chi connectivity index (χ3v) is 3.78. The number of carbonyl (C=O) groups is 1. The number of hydrogen-bond acceptors (Lipinski definition) is 4.